The lowest BCUT2D eigenvalue weighted by Gasteiger charge is -2.25. The normalized spacial score (nSPS) is 11.7. The van der Waals surface area contributed by atoms with Crippen molar-refractivity contribution in [2.45, 2.75) is 44.3 Å². The first-order chi connectivity index (χ1) is 16.1. The quantitative estimate of drug-likeness (QED) is 0.429. The average molecular weight is 488 g/mol. The molecule has 1 aromatic heterocycles. The fourth-order valence-electron chi connectivity index (χ4n) is 3.77. The number of hydrogen-bond donors (Lipinski definition) is 0. The van der Waals surface area contributed by atoms with E-state index in [1.165, 1.54) is 30.5 Å². The smallest absolute Gasteiger partial charge is 0.254 e. The van der Waals surface area contributed by atoms with Crippen molar-refractivity contribution in [3.63, 3.8) is 0 Å². The van der Waals surface area contributed by atoms with E-state index in [9.17, 15) is 17.6 Å². The molecule has 1 amide bonds. The van der Waals surface area contributed by atoms with Crippen LogP contribution in [0.2, 0.25) is 0 Å². The molecule has 0 fully saturated rings. The zero-order chi connectivity index (χ0) is 24.9. The molecule has 0 saturated heterocycles. The lowest BCUT2D eigenvalue weighted by atomic mass is 10.1. The maximum absolute atomic E-state index is 13.3. The van der Waals surface area contributed by atoms with E-state index in [1.54, 1.807) is 22.6 Å². The molecule has 0 bridgehead atoms. The summed E-state index contributed by atoms with van der Waals surface area (Å²) in [5.74, 6) is -0.893. The van der Waals surface area contributed by atoms with Crippen molar-refractivity contribution in [3.05, 3.63) is 82.9 Å². The van der Waals surface area contributed by atoms with Gasteiger partial charge >= 0.3 is 0 Å². The molecule has 0 N–H and O–H groups in total. The number of imidazole rings is 1. The molecule has 0 aliphatic carbocycles. The first-order valence-electron chi connectivity index (χ1n) is 11.0. The van der Waals surface area contributed by atoms with Crippen molar-refractivity contribution in [2.75, 3.05) is 20.3 Å². The summed E-state index contributed by atoms with van der Waals surface area (Å²) in [6, 6.07) is 12.5. The molecule has 0 aliphatic rings. The van der Waals surface area contributed by atoms with Gasteiger partial charge in [-0.05, 0) is 50.1 Å². The van der Waals surface area contributed by atoms with Gasteiger partial charge in [-0.2, -0.15) is 0 Å². The van der Waals surface area contributed by atoms with Crippen LogP contribution in [-0.4, -0.2) is 49.0 Å². The highest BCUT2D eigenvalue weighted by molar-refractivity contribution is 7.90. The van der Waals surface area contributed by atoms with Gasteiger partial charge in [0.25, 0.3) is 5.91 Å². The van der Waals surface area contributed by atoms with E-state index in [-0.39, 0.29) is 29.4 Å². The van der Waals surface area contributed by atoms with E-state index in [0.29, 0.717) is 30.0 Å². The number of hydrogen-bond acceptors (Lipinski definition) is 5. The summed E-state index contributed by atoms with van der Waals surface area (Å²) >= 11 is 0. The van der Waals surface area contributed by atoms with E-state index in [0.717, 1.165) is 5.56 Å². The number of ether oxygens (including phenoxy) is 1. The molecule has 1 heterocycles. The van der Waals surface area contributed by atoms with Crippen LogP contribution in [0, 0.1) is 12.7 Å². The SMILES string of the molecule is COCCN(Cc1cnc(S(=O)(=O)Cc2ccc(F)cc2)n1C(C)C)C(=O)c1ccccc1C. The third-order valence-corrected chi connectivity index (χ3v) is 7.06. The number of carbonyl (C=O) groups is 1. The van der Waals surface area contributed by atoms with Crippen molar-refractivity contribution in [2.24, 2.45) is 0 Å². The van der Waals surface area contributed by atoms with Crippen LogP contribution < -0.4 is 0 Å². The Labute approximate surface area is 200 Å². The molecule has 9 heteroatoms. The Bertz CT molecular complexity index is 1240. The average Bonchev–Trinajstić information content (AvgIpc) is 3.23. The summed E-state index contributed by atoms with van der Waals surface area (Å²) < 4.78 is 46.5. The van der Waals surface area contributed by atoms with Gasteiger partial charge in [-0.3, -0.25) is 4.79 Å². The first-order valence-corrected chi connectivity index (χ1v) is 12.7. The van der Waals surface area contributed by atoms with Gasteiger partial charge in [0.05, 0.1) is 30.8 Å². The highest BCUT2D eigenvalue weighted by Crippen LogP contribution is 2.23. The zero-order valence-electron chi connectivity index (χ0n) is 19.9. The number of carbonyl (C=O) groups excluding carboxylic acids is 1. The first kappa shape index (κ1) is 25.6. The molecule has 182 valence electrons. The van der Waals surface area contributed by atoms with Crippen LogP contribution in [-0.2, 0) is 26.9 Å². The number of aromatic nitrogens is 2. The van der Waals surface area contributed by atoms with Crippen LogP contribution in [0.4, 0.5) is 4.39 Å². The Morgan fingerprint density at radius 2 is 1.82 bits per heavy atom. The Balaban J connectivity index is 1.94. The fourth-order valence-corrected chi connectivity index (χ4v) is 5.38. The largest absolute Gasteiger partial charge is 0.383 e. The number of nitrogens with zero attached hydrogens (tertiary/aromatic N) is 3. The minimum absolute atomic E-state index is 0.0724. The molecule has 0 aliphatic heterocycles. The summed E-state index contributed by atoms with van der Waals surface area (Å²) in [6.07, 6.45) is 1.50. The third-order valence-electron chi connectivity index (χ3n) is 5.48. The van der Waals surface area contributed by atoms with Crippen LogP contribution in [0.25, 0.3) is 0 Å². The van der Waals surface area contributed by atoms with E-state index >= 15 is 0 Å². The number of rotatable bonds is 10. The number of sulfone groups is 1. The lowest BCUT2D eigenvalue weighted by molar-refractivity contribution is 0.0674. The van der Waals surface area contributed by atoms with Gasteiger partial charge in [-0.1, -0.05) is 30.3 Å². The maximum atomic E-state index is 13.3. The molecule has 7 nitrogen and oxygen atoms in total. The molecular weight excluding hydrogens is 457 g/mol. The molecule has 0 unspecified atom stereocenters. The van der Waals surface area contributed by atoms with Crippen LogP contribution in [0.3, 0.4) is 0 Å². The van der Waals surface area contributed by atoms with Gasteiger partial charge in [-0.15, -0.1) is 0 Å². The molecule has 2 aromatic carbocycles. The zero-order valence-corrected chi connectivity index (χ0v) is 20.7. The van der Waals surface area contributed by atoms with Crippen LogP contribution >= 0.6 is 0 Å². The molecule has 34 heavy (non-hydrogen) atoms. The highest BCUT2D eigenvalue weighted by Gasteiger charge is 2.27. The topological polar surface area (TPSA) is 81.5 Å². The summed E-state index contributed by atoms with van der Waals surface area (Å²) in [7, 11) is -2.25. The van der Waals surface area contributed by atoms with Gasteiger partial charge in [0.15, 0.2) is 0 Å². The van der Waals surface area contributed by atoms with E-state index in [1.807, 2.05) is 39.0 Å². The van der Waals surface area contributed by atoms with Crippen molar-refractivity contribution >= 4 is 15.7 Å². The number of methoxy groups -OCH3 is 1. The van der Waals surface area contributed by atoms with Crippen LogP contribution in [0.15, 0.2) is 59.9 Å². The minimum atomic E-state index is -3.81. The number of halogens is 1. The Kier molecular flexibility index (Phi) is 8.22. The lowest BCUT2D eigenvalue weighted by Crippen LogP contribution is -2.35. The molecule has 0 spiro atoms. The standard InChI is InChI=1S/C25H30FN3O4S/c1-18(2)29-22(15-27-25(29)34(31,32)17-20-9-11-21(26)12-10-20)16-28(13-14-33-4)24(30)23-8-6-5-7-19(23)3/h5-12,15,18H,13-14,16-17H2,1-4H3. The monoisotopic (exact) mass is 487 g/mol. The molecular formula is C25H30FN3O4S. The van der Waals surface area contributed by atoms with Crippen molar-refractivity contribution in [1.82, 2.24) is 14.5 Å². The van der Waals surface area contributed by atoms with Gasteiger partial charge in [0, 0.05) is 25.3 Å². The second-order valence-corrected chi connectivity index (χ2v) is 10.3. The number of benzene rings is 2. The summed E-state index contributed by atoms with van der Waals surface area (Å²) in [4.78, 5) is 19.2. The number of aryl methyl sites for hydroxylation is 1. The highest BCUT2D eigenvalue weighted by atomic mass is 32.2. The molecule has 0 saturated carbocycles. The van der Waals surface area contributed by atoms with E-state index in [2.05, 4.69) is 4.98 Å². The number of amides is 1. The second kappa shape index (κ2) is 10.9. The second-order valence-electron chi connectivity index (χ2n) is 8.42. The van der Waals surface area contributed by atoms with Crippen LogP contribution in [0.1, 0.15) is 47.1 Å². The van der Waals surface area contributed by atoms with Gasteiger partial charge in [0.2, 0.25) is 15.0 Å². The van der Waals surface area contributed by atoms with E-state index < -0.39 is 15.7 Å². The predicted molar refractivity (Wildman–Crippen MR) is 128 cm³/mol. The molecule has 3 rings (SSSR count). The molecule has 0 atom stereocenters. The summed E-state index contributed by atoms with van der Waals surface area (Å²) in [6.45, 7) is 6.46. The van der Waals surface area contributed by atoms with Crippen molar-refractivity contribution < 1.29 is 22.3 Å². The summed E-state index contributed by atoms with van der Waals surface area (Å²) in [5.41, 5.74) is 2.51. The minimum Gasteiger partial charge on any atom is -0.383 e. The third kappa shape index (κ3) is 5.90. The van der Waals surface area contributed by atoms with E-state index in [4.69, 9.17) is 4.74 Å². The summed E-state index contributed by atoms with van der Waals surface area (Å²) in [5, 5.41) is -0.0724. The predicted octanol–water partition coefficient (Wildman–Crippen LogP) is 4.17. The van der Waals surface area contributed by atoms with Gasteiger partial charge in [-0.25, -0.2) is 17.8 Å². The molecule has 0 radical (unpaired) electrons. The van der Waals surface area contributed by atoms with Crippen molar-refractivity contribution in [3.8, 4) is 0 Å². The molecule has 3 aromatic rings. The Morgan fingerprint density at radius 3 is 2.44 bits per heavy atom. The maximum Gasteiger partial charge on any atom is 0.254 e. The Morgan fingerprint density at radius 1 is 1.15 bits per heavy atom. The van der Waals surface area contributed by atoms with Gasteiger partial charge < -0.3 is 14.2 Å². The van der Waals surface area contributed by atoms with Crippen LogP contribution in [0.5, 0.6) is 0 Å². The van der Waals surface area contributed by atoms with Crippen molar-refractivity contribution in [1.29, 1.82) is 0 Å². The van der Waals surface area contributed by atoms with Gasteiger partial charge in [0.1, 0.15) is 5.82 Å². The Hall–Kier alpha value is -3.04. The fraction of sp³-hybridized carbons (Fsp3) is 0.360.